The summed E-state index contributed by atoms with van der Waals surface area (Å²) in [5, 5.41) is 11.1. The molecule has 0 spiro atoms. The number of hydrogen-bond acceptors (Lipinski definition) is 3. The Balaban J connectivity index is 2.66. The van der Waals surface area contributed by atoms with Gasteiger partial charge in [-0.1, -0.05) is 6.92 Å². The number of hydrogen-bond donors (Lipinski definition) is 1. The fourth-order valence-corrected chi connectivity index (χ4v) is 0.824. The van der Waals surface area contributed by atoms with Crippen LogP contribution in [0.5, 0.6) is 0 Å². The van der Waals surface area contributed by atoms with Gasteiger partial charge in [0.2, 0.25) is 0 Å². The summed E-state index contributed by atoms with van der Waals surface area (Å²) in [7, 11) is 0. The Bertz CT molecular complexity index is 205. The number of nitrogens with one attached hydrogen (secondary N) is 1. The van der Waals surface area contributed by atoms with Crippen LogP contribution in [-0.2, 0) is 6.42 Å². The van der Waals surface area contributed by atoms with E-state index in [2.05, 4.69) is 22.4 Å². The van der Waals surface area contributed by atoms with Gasteiger partial charge in [0, 0.05) is 6.54 Å². The Hall–Kier alpha value is -1.12. The van der Waals surface area contributed by atoms with Crippen molar-refractivity contribution in [3.05, 3.63) is 17.8 Å². The molecule has 3 heteroatoms. The summed E-state index contributed by atoms with van der Waals surface area (Å²) in [5.41, 5.74) is 1.03. The Kier molecular flexibility index (Phi) is 2.83. The van der Waals surface area contributed by atoms with E-state index in [0.29, 0.717) is 0 Å². The lowest BCUT2D eigenvalue weighted by molar-refractivity contribution is 0.916. The van der Waals surface area contributed by atoms with E-state index in [1.165, 1.54) is 0 Å². The molecule has 0 aliphatic rings. The summed E-state index contributed by atoms with van der Waals surface area (Å²) < 4.78 is 0. The number of anilines is 1. The summed E-state index contributed by atoms with van der Waals surface area (Å²) in [4.78, 5) is 0. The molecule has 0 saturated carbocycles. The van der Waals surface area contributed by atoms with Gasteiger partial charge in [-0.2, -0.15) is 5.10 Å². The zero-order valence-electron chi connectivity index (χ0n) is 6.96. The molecule has 1 rings (SSSR count). The van der Waals surface area contributed by atoms with E-state index < -0.39 is 0 Å². The molecule has 0 aromatic carbocycles. The lowest BCUT2D eigenvalue weighted by Gasteiger charge is -2.00. The van der Waals surface area contributed by atoms with Crippen molar-refractivity contribution in [1.29, 1.82) is 0 Å². The molecule has 0 fully saturated rings. The second-order valence-electron chi connectivity index (χ2n) is 2.29. The summed E-state index contributed by atoms with van der Waals surface area (Å²) in [6, 6.07) is 3.94. The van der Waals surface area contributed by atoms with Gasteiger partial charge in [-0.15, -0.1) is 5.10 Å². The molecule has 11 heavy (non-hydrogen) atoms. The topological polar surface area (TPSA) is 37.8 Å². The van der Waals surface area contributed by atoms with Crippen LogP contribution in [-0.4, -0.2) is 16.7 Å². The highest BCUT2D eigenvalue weighted by Crippen LogP contribution is 2.00. The Morgan fingerprint density at radius 2 is 2.09 bits per heavy atom. The highest BCUT2D eigenvalue weighted by molar-refractivity contribution is 5.32. The van der Waals surface area contributed by atoms with Crippen LogP contribution in [0.2, 0.25) is 0 Å². The maximum absolute atomic E-state index is 4.00. The zero-order valence-corrected chi connectivity index (χ0v) is 6.96. The van der Waals surface area contributed by atoms with Crippen molar-refractivity contribution >= 4 is 5.82 Å². The average molecular weight is 151 g/mol. The van der Waals surface area contributed by atoms with Gasteiger partial charge >= 0.3 is 0 Å². The van der Waals surface area contributed by atoms with Crippen molar-refractivity contribution in [2.45, 2.75) is 20.3 Å². The highest BCUT2D eigenvalue weighted by atomic mass is 15.2. The van der Waals surface area contributed by atoms with Gasteiger partial charge in [0.1, 0.15) is 5.82 Å². The van der Waals surface area contributed by atoms with Crippen molar-refractivity contribution in [3.8, 4) is 0 Å². The Morgan fingerprint density at radius 1 is 1.27 bits per heavy atom. The molecule has 0 bridgehead atoms. The summed E-state index contributed by atoms with van der Waals surface area (Å²) >= 11 is 0. The fourth-order valence-electron chi connectivity index (χ4n) is 0.824. The van der Waals surface area contributed by atoms with Crippen LogP contribution in [0.4, 0.5) is 5.82 Å². The van der Waals surface area contributed by atoms with Gasteiger partial charge in [-0.05, 0) is 25.5 Å². The average Bonchev–Trinajstić information content (AvgIpc) is 2.07. The third-order valence-electron chi connectivity index (χ3n) is 1.44. The minimum absolute atomic E-state index is 0.852. The molecule has 1 heterocycles. The predicted molar refractivity (Wildman–Crippen MR) is 45.6 cm³/mol. The molecule has 0 atom stereocenters. The molecule has 3 nitrogen and oxygen atoms in total. The molecule has 1 aromatic rings. The molecule has 1 aromatic heterocycles. The van der Waals surface area contributed by atoms with Gasteiger partial charge in [0.05, 0.1) is 5.69 Å². The summed E-state index contributed by atoms with van der Waals surface area (Å²) in [5.74, 6) is 0.852. The van der Waals surface area contributed by atoms with Crippen molar-refractivity contribution in [3.63, 3.8) is 0 Å². The Labute approximate surface area is 66.8 Å². The van der Waals surface area contributed by atoms with E-state index in [1.54, 1.807) is 0 Å². The first-order chi connectivity index (χ1) is 5.36. The first-order valence-electron chi connectivity index (χ1n) is 3.93. The van der Waals surface area contributed by atoms with E-state index in [9.17, 15) is 0 Å². The smallest absolute Gasteiger partial charge is 0.148 e. The molecule has 0 unspecified atom stereocenters. The lowest BCUT2D eigenvalue weighted by atomic mass is 10.3. The first-order valence-corrected chi connectivity index (χ1v) is 3.93. The molecular weight excluding hydrogens is 138 g/mol. The van der Waals surface area contributed by atoms with Gasteiger partial charge < -0.3 is 5.32 Å². The molecule has 0 amide bonds. The number of aromatic nitrogens is 2. The van der Waals surface area contributed by atoms with E-state index in [0.717, 1.165) is 24.5 Å². The predicted octanol–water partition coefficient (Wildman–Crippen LogP) is 1.47. The van der Waals surface area contributed by atoms with Crippen LogP contribution in [0, 0.1) is 0 Å². The van der Waals surface area contributed by atoms with Gasteiger partial charge in [-0.3, -0.25) is 0 Å². The number of aryl methyl sites for hydroxylation is 1. The van der Waals surface area contributed by atoms with Crippen molar-refractivity contribution in [2.75, 3.05) is 11.9 Å². The van der Waals surface area contributed by atoms with E-state index in [-0.39, 0.29) is 0 Å². The SMILES string of the molecule is CCNc1ccc(CC)nn1. The van der Waals surface area contributed by atoms with Crippen LogP contribution in [0.25, 0.3) is 0 Å². The highest BCUT2D eigenvalue weighted by Gasteiger charge is 1.92. The minimum Gasteiger partial charge on any atom is -0.369 e. The van der Waals surface area contributed by atoms with Crippen molar-refractivity contribution in [1.82, 2.24) is 10.2 Å². The maximum Gasteiger partial charge on any atom is 0.148 e. The second kappa shape index (κ2) is 3.91. The van der Waals surface area contributed by atoms with Crippen LogP contribution in [0.15, 0.2) is 12.1 Å². The third-order valence-corrected chi connectivity index (χ3v) is 1.44. The third kappa shape index (κ3) is 2.18. The van der Waals surface area contributed by atoms with Crippen molar-refractivity contribution < 1.29 is 0 Å². The lowest BCUT2D eigenvalue weighted by Crippen LogP contribution is -2.01. The van der Waals surface area contributed by atoms with Crippen molar-refractivity contribution in [2.24, 2.45) is 0 Å². The van der Waals surface area contributed by atoms with E-state index in [4.69, 9.17) is 0 Å². The first kappa shape index (κ1) is 7.98. The van der Waals surface area contributed by atoms with Crippen LogP contribution < -0.4 is 5.32 Å². The molecule has 0 radical (unpaired) electrons. The normalized spacial score (nSPS) is 9.64. The van der Waals surface area contributed by atoms with Crippen LogP contribution in [0.3, 0.4) is 0 Å². The zero-order chi connectivity index (χ0) is 8.10. The largest absolute Gasteiger partial charge is 0.369 e. The number of nitrogens with zero attached hydrogens (tertiary/aromatic N) is 2. The summed E-state index contributed by atoms with van der Waals surface area (Å²) in [6.07, 6.45) is 0.944. The van der Waals surface area contributed by atoms with Crippen LogP contribution in [0.1, 0.15) is 19.5 Å². The minimum atomic E-state index is 0.852. The Morgan fingerprint density at radius 3 is 2.55 bits per heavy atom. The molecule has 0 saturated heterocycles. The second-order valence-corrected chi connectivity index (χ2v) is 2.29. The van der Waals surface area contributed by atoms with Gasteiger partial charge in [0.15, 0.2) is 0 Å². The van der Waals surface area contributed by atoms with Gasteiger partial charge in [-0.25, -0.2) is 0 Å². The monoisotopic (exact) mass is 151 g/mol. The molecule has 0 aliphatic heterocycles. The summed E-state index contributed by atoms with van der Waals surface area (Å²) in [6.45, 7) is 4.99. The van der Waals surface area contributed by atoms with Gasteiger partial charge in [0.25, 0.3) is 0 Å². The molecular formula is C8H13N3. The fraction of sp³-hybridized carbons (Fsp3) is 0.500. The van der Waals surface area contributed by atoms with Crippen LogP contribution >= 0.6 is 0 Å². The standard InChI is InChI=1S/C8H13N3/c1-3-7-5-6-8(9-4-2)11-10-7/h5-6H,3-4H2,1-2H3,(H,9,11). The number of rotatable bonds is 3. The molecule has 0 aliphatic carbocycles. The molecule has 60 valence electrons. The maximum atomic E-state index is 4.00. The molecule has 1 N–H and O–H groups in total. The quantitative estimate of drug-likeness (QED) is 0.710. The van der Waals surface area contributed by atoms with E-state index in [1.807, 2.05) is 19.1 Å². The van der Waals surface area contributed by atoms with E-state index >= 15 is 0 Å².